The monoisotopic (exact) mass is 247 g/mol. The molecule has 0 aliphatic heterocycles. The van der Waals surface area contributed by atoms with Gasteiger partial charge in [-0.2, -0.15) is 0 Å². The van der Waals surface area contributed by atoms with Gasteiger partial charge in [0.05, 0.1) is 10.7 Å². The van der Waals surface area contributed by atoms with E-state index in [-0.39, 0.29) is 0 Å². The van der Waals surface area contributed by atoms with Crippen LogP contribution in [0.25, 0.3) is 0 Å². The Kier molecular flexibility index (Phi) is 3.76. The summed E-state index contributed by atoms with van der Waals surface area (Å²) in [6.45, 7) is 0.524. The van der Waals surface area contributed by atoms with E-state index < -0.39 is 0 Å². The van der Waals surface area contributed by atoms with E-state index in [1.54, 1.807) is 11.3 Å². The third-order valence-electron chi connectivity index (χ3n) is 2.62. The molecule has 0 spiro atoms. The zero-order valence-corrected chi connectivity index (χ0v) is 11.0. The molecule has 0 unspecified atom stereocenters. The molecular formula is C13H17N3S. The van der Waals surface area contributed by atoms with Crippen molar-refractivity contribution in [1.82, 2.24) is 4.98 Å². The van der Waals surface area contributed by atoms with Crippen LogP contribution in [0.15, 0.2) is 29.6 Å². The normalized spacial score (nSPS) is 10.5. The minimum Gasteiger partial charge on any atom is -0.378 e. The van der Waals surface area contributed by atoms with Crippen molar-refractivity contribution in [3.05, 3.63) is 45.9 Å². The van der Waals surface area contributed by atoms with Crippen LogP contribution < -0.4 is 10.6 Å². The highest BCUT2D eigenvalue weighted by Crippen LogP contribution is 2.17. The first-order valence-electron chi connectivity index (χ1n) is 5.58. The van der Waals surface area contributed by atoms with Gasteiger partial charge in [0.2, 0.25) is 0 Å². The topological polar surface area (TPSA) is 42.2 Å². The second-order valence-corrected chi connectivity index (χ2v) is 5.12. The molecule has 3 nitrogen and oxygen atoms in total. The summed E-state index contributed by atoms with van der Waals surface area (Å²) >= 11 is 1.68. The molecule has 90 valence electrons. The van der Waals surface area contributed by atoms with Gasteiger partial charge in [0.1, 0.15) is 0 Å². The van der Waals surface area contributed by atoms with E-state index in [4.69, 9.17) is 5.73 Å². The number of benzene rings is 1. The Bertz CT molecular complexity index is 474. The molecule has 0 fully saturated rings. The van der Waals surface area contributed by atoms with E-state index in [1.165, 1.54) is 11.3 Å². The van der Waals surface area contributed by atoms with E-state index in [2.05, 4.69) is 34.1 Å². The first-order valence-corrected chi connectivity index (χ1v) is 6.46. The largest absolute Gasteiger partial charge is 0.378 e. The average Bonchev–Trinajstić information content (AvgIpc) is 2.77. The third kappa shape index (κ3) is 3.05. The lowest BCUT2D eigenvalue weighted by Gasteiger charge is -2.12. The van der Waals surface area contributed by atoms with Crippen molar-refractivity contribution in [3.8, 4) is 0 Å². The highest BCUT2D eigenvalue weighted by molar-refractivity contribution is 7.09. The summed E-state index contributed by atoms with van der Waals surface area (Å²) in [6, 6.07) is 8.57. The zero-order chi connectivity index (χ0) is 12.3. The molecule has 1 heterocycles. The Morgan fingerprint density at radius 2 is 1.94 bits per heavy atom. The number of aromatic nitrogens is 1. The molecule has 0 saturated heterocycles. The fourth-order valence-corrected chi connectivity index (χ4v) is 2.45. The van der Waals surface area contributed by atoms with Crippen LogP contribution in [-0.2, 0) is 13.0 Å². The van der Waals surface area contributed by atoms with E-state index in [1.807, 2.05) is 19.5 Å². The van der Waals surface area contributed by atoms with Crippen molar-refractivity contribution in [2.45, 2.75) is 13.0 Å². The Morgan fingerprint density at radius 3 is 2.47 bits per heavy atom. The van der Waals surface area contributed by atoms with Crippen molar-refractivity contribution >= 4 is 17.0 Å². The predicted molar refractivity (Wildman–Crippen MR) is 73.6 cm³/mol. The Hall–Kier alpha value is -1.39. The maximum absolute atomic E-state index is 5.55. The lowest BCUT2D eigenvalue weighted by molar-refractivity contribution is 0.982. The molecule has 0 aliphatic rings. The summed E-state index contributed by atoms with van der Waals surface area (Å²) in [6.07, 6.45) is 0.887. The first kappa shape index (κ1) is 12.1. The quantitative estimate of drug-likeness (QED) is 0.901. The van der Waals surface area contributed by atoms with Gasteiger partial charge in [0.15, 0.2) is 0 Å². The molecule has 0 bridgehead atoms. The van der Waals surface area contributed by atoms with Crippen molar-refractivity contribution in [2.75, 3.05) is 19.0 Å². The van der Waals surface area contributed by atoms with Crippen LogP contribution in [0.4, 0.5) is 5.69 Å². The fourth-order valence-electron chi connectivity index (χ4n) is 1.61. The first-order chi connectivity index (χ1) is 8.19. The molecule has 1 aromatic carbocycles. The highest BCUT2D eigenvalue weighted by atomic mass is 32.1. The Morgan fingerprint density at radius 1 is 1.24 bits per heavy atom. The lowest BCUT2D eigenvalue weighted by atomic mass is 10.1. The van der Waals surface area contributed by atoms with Crippen LogP contribution in [0.5, 0.6) is 0 Å². The molecule has 0 atom stereocenters. The molecule has 0 amide bonds. The second kappa shape index (κ2) is 5.29. The number of nitrogens with zero attached hydrogens (tertiary/aromatic N) is 2. The minimum atomic E-state index is 0.524. The second-order valence-electron chi connectivity index (χ2n) is 4.17. The van der Waals surface area contributed by atoms with Crippen LogP contribution in [0, 0.1) is 0 Å². The number of rotatable bonds is 4. The molecule has 1 aromatic heterocycles. The van der Waals surface area contributed by atoms with Crippen LogP contribution in [-0.4, -0.2) is 19.1 Å². The molecule has 0 saturated carbocycles. The zero-order valence-electron chi connectivity index (χ0n) is 10.2. The standard InChI is InChI=1S/C13H17N3S/c1-16(2)12-5-3-10(4-6-12)7-13-15-11(8-14)9-17-13/h3-6,9H,7-8,14H2,1-2H3. The number of anilines is 1. The van der Waals surface area contributed by atoms with Gasteiger partial charge in [-0.05, 0) is 17.7 Å². The highest BCUT2D eigenvalue weighted by Gasteiger charge is 2.02. The number of nitrogens with two attached hydrogens (primary N) is 1. The minimum absolute atomic E-state index is 0.524. The number of hydrogen-bond acceptors (Lipinski definition) is 4. The third-order valence-corrected chi connectivity index (χ3v) is 3.51. The van der Waals surface area contributed by atoms with E-state index in [9.17, 15) is 0 Å². The number of hydrogen-bond donors (Lipinski definition) is 1. The summed E-state index contributed by atoms with van der Waals surface area (Å²) < 4.78 is 0. The summed E-state index contributed by atoms with van der Waals surface area (Å²) in [5.41, 5.74) is 9.03. The van der Waals surface area contributed by atoms with Crippen molar-refractivity contribution < 1.29 is 0 Å². The van der Waals surface area contributed by atoms with E-state index >= 15 is 0 Å². The van der Waals surface area contributed by atoms with Crippen LogP contribution in [0.3, 0.4) is 0 Å². The van der Waals surface area contributed by atoms with Gasteiger partial charge in [-0.15, -0.1) is 11.3 Å². The average molecular weight is 247 g/mol. The maximum atomic E-state index is 5.55. The van der Waals surface area contributed by atoms with Crippen LogP contribution in [0.1, 0.15) is 16.3 Å². The summed E-state index contributed by atoms with van der Waals surface area (Å²) in [4.78, 5) is 6.56. The predicted octanol–water partition coefficient (Wildman–Crippen LogP) is 2.26. The Labute approximate surface area is 106 Å². The molecule has 17 heavy (non-hydrogen) atoms. The van der Waals surface area contributed by atoms with Gasteiger partial charge in [0, 0.05) is 38.1 Å². The van der Waals surface area contributed by atoms with Crippen molar-refractivity contribution in [2.24, 2.45) is 5.73 Å². The molecule has 0 radical (unpaired) electrons. The van der Waals surface area contributed by atoms with Gasteiger partial charge in [-0.3, -0.25) is 0 Å². The van der Waals surface area contributed by atoms with Gasteiger partial charge >= 0.3 is 0 Å². The number of thiazole rings is 1. The SMILES string of the molecule is CN(C)c1ccc(Cc2nc(CN)cs2)cc1. The van der Waals surface area contributed by atoms with E-state index in [0.717, 1.165) is 17.1 Å². The molecule has 2 aromatic rings. The Balaban J connectivity index is 2.08. The molecule has 4 heteroatoms. The summed E-state index contributed by atoms with van der Waals surface area (Å²) in [7, 11) is 4.09. The molecule has 2 N–H and O–H groups in total. The van der Waals surface area contributed by atoms with E-state index in [0.29, 0.717) is 6.54 Å². The van der Waals surface area contributed by atoms with Gasteiger partial charge in [0.25, 0.3) is 0 Å². The van der Waals surface area contributed by atoms with Crippen molar-refractivity contribution in [3.63, 3.8) is 0 Å². The molecule has 2 rings (SSSR count). The summed E-state index contributed by atoms with van der Waals surface area (Å²) in [5, 5.41) is 3.16. The smallest absolute Gasteiger partial charge is 0.0972 e. The van der Waals surface area contributed by atoms with Gasteiger partial charge in [-0.25, -0.2) is 4.98 Å². The molecule has 0 aliphatic carbocycles. The van der Waals surface area contributed by atoms with Crippen LogP contribution in [0.2, 0.25) is 0 Å². The fraction of sp³-hybridized carbons (Fsp3) is 0.308. The van der Waals surface area contributed by atoms with Crippen LogP contribution >= 0.6 is 11.3 Å². The maximum Gasteiger partial charge on any atom is 0.0972 e. The van der Waals surface area contributed by atoms with Crippen molar-refractivity contribution in [1.29, 1.82) is 0 Å². The summed E-state index contributed by atoms with van der Waals surface area (Å²) in [5.74, 6) is 0. The lowest BCUT2D eigenvalue weighted by Crippen LogP contribution is -2.08. The van der Waals surface area contributed by atoms with Gasteiger partial charge in [-0.1, -0.05) is 12.1 Å². The van der Waals surface area contributed by atoms with Gasteiger partial charge < -0.3 is 10.6 Å². The molecular weight excluding hydrogens is 230 g/mol.